The van der Waals surface area contributed by atoms with Gasteiger partial charge in [-0.2, -0.15) is 13.2 Å². The van der Waals surface area contributed by atoms with Gasteiger partial charge in [0.15, 0.2) is 6.61 Å². The van der Waals surface area contributed by atoms with Crippen LogP contribution in [0, 0.1) is 11.6 Å². The normalized spacial score (nSPS) is 11.6. The largest absolute Gasteiger partial charge is 0.484 e. The monoisotopic (exact) mass is 304 g/mol. The summed E-state index contributed by atoms with van der Waals surface area (Å²) in [6.07, 6.45) is -4.54. The van der Waals surface area contributed by atoms with Crippen LogP contribution in [0.15, 0.2) is 12.1 Å². The molecule has 16 heavy (non-hydrogen) atoms. The van der Waals surface area contributed by atoms with Gasteiger partial charge in [-0.05, 0) is 0 Å². The number of halogens is 6. The molecule has 0 radical (unpaired) electrons. The third kappa shape index (κ3) is 3.62. The minimum absolute atomic E-state index is 0.0653. The molecule has 0 aromatic heterocycles. The summed E-state index contributed by atoms with van der Waals surface area (Å²) in [5, 5.41) is -0.0653. The molecule has 0 heterocycles. The van der Waals surface area contributed by atoms with Crippen LogP contribution in [0.5, 0.6) is 5.75 Å². The second kappa shape index (κ2) is 4.99. The van der Waals surface area contributed by atoms with Gasteiger partial charge in [0.1, 0.15) is 17.4 Å². The highest BCUT2D eigenvalue weighted by Gasteiger charge is 2.28. The van der Waals surface area contributed by atoms with E-state index in [1.54, 1.807) is 0 Å². The number of benzene rings is 1. The quantitative estimate of drug-likeness (QED) is 0.609. The smallest absolute Gasteiger partial charge is 0.422 e. The lowest BCUT2D eigenvalue weighted by atomic mass is 10.2. The summed E-state index contributed by atoms with van der Waals surface area (Å²) in [5.74, 6) is -2.39. The third-order valence-corrected chi connectivity index (χ3v) is 2.21. The maximum Gasteiger partial charge on any atom is 0.422 e. The van der Waals surface area contributed by atoms with Crippen LogP contribution < -0.4 is 4.74 Å². The number of alkyl halides is 4. The van der Waals surface area contributed by atoms with E-state index in [1.165, 1.54) is 0 Å². The molecule has 0 aliphatic heterocycles. The fourth-order valence-electron chi connectivity index (χ4n) is 0.956. The van der Waals surface area contributed by atoms with Crippen LogP contribution in [0.25, 0.3) is 0 Å². The van der Waals surface area contributed by atoms with Gasteiger partial charge in [-0.3, -0.25) is 0 Å². The van der Waals surface area contributed by atoms with Crippen molar-refractivity contribution in [3.8, 4) is 5.75 Å². The van der Waals surface area contributed by atoms with Gasteiger partial charge in [-0.1, -0.05) is 15.9 Å². The molecule has 0 atom stereocenters. The van der Waals surface area contributed by atoms with Crippen molar-refractivity contribution >= 4 is 15.9 Å². The first-order valence-electron chi connectivity index (χ1n) is 4.07. The van der Waals surface area contributed by atoms with E-state index in [9.17, 15) is 22.0 Å². The fourth-order valence-corrected chi connectivity index (χ4v) is 1.49. The highest BCUT2D eigenvalue weighted by atomic mass is 79.9. The van der Waals surface area contributed by atoms with Gasteiger partial charge >= 0.3 is 6.18 Å². The van der Waals surface area contributed by atoms with Gasteiger partial charge in [-0.25, -0.2) is 8.78 Å². The van der Waals surface area contributed by atoms with Crippen LogP contribution in [0.4, 0.5) is 22.0 Å². The molecule has 1 nitrogen and oxygen atoms in total. The zero-order valence-corrected chi connectivity index (χ0v) is 9.33. The van der Waals surface area contributed by atoms with E-state index in [0.717, 1.165) is 0 Å². The minimum atomic E-state index is -4.54. The lowest BCUT2D eigenvalue weighted by Crippen LogP contribution is -2.19. The Morgan fingerprint density at radius 1 is 1.12 bits per heavy atom. The molecule has 0 N–H and O–H groups in total. The first-order chi connectivity index (χ1) is 7.33. The molecule has 0 saturated carbocycles. The fraction of sp³-hybridized carbons (Fsp3) is 0.333. The van der Waals surface area contributed by atoms with Crippen molar-refractivity contribution in [2.45, 2.75) is 11.5 Å². The molecule has 90 valence electrons. The lowest BCUT2D eigenvalue weighted by molar-refractivity contribution is -0.153. The summed E-state index contributed by atoms with van der Waals surface area (Å²) < 4.78 is 65.7. The summed E-state index contributed by atoms with van der Waals surface area (Å²) in [5.41, 5.74) is -0.251. The molecule has 1 rings (SSSR count). The molecular weight excluding hydrogens is 299 g/mol. The number of rotatable bonds is 3. The number of hydrogen-bond donors (Lipinski definition) is 0. The Bertz CT molecular complexity index is 354. The average molecular weight is 305 g/mol. The van der Waals surface area contributed by atoms with Crippen LogP contribution in [0.3, 0.4) is 0 Å². The molecule has 0 bridgehead atoms. The van der Waals surface area contributed by atoms with Crippen LogP contribution in [0.1, 0.15) is 5.56 Å². The van der Waals surface area contributed by atoms with Crippen LogP contribution in [-0.4, -0.2) is 12.8 Å². The van der Waals surface area contributed by atoms with E-state index in [0.29, 0.717) is 12.1 Å². The van der Waals surface area contributed by atoms with Gasteiger partial charge in [0, 0.05) is 23.0 Å². The highest BCUT2D eigenvalue weighted by Crippen LogP contribution is 2.24. The Morgan fingerprint density at radius 3 is 2.00 bits per heavy atom. The zero-order chi connectivity index (χ0) is 12.3. The van der Waals surface area contributed by atoms with E-state index in [4.69, 9.17) is 0 Å². The molecule has 1 aromatic carbocycles. The predicted octanol–water partition coefficient (Wildman–Crippen LogP) is 3.80. The van der Waals surface area contributed by atoms with E-state index in [-0.39, 0.29) is 10.9 Å². The first-order valence-corrected chi connectivity index (χ1v) is 5.19. The molecule has 7 heteroatoms. The molecule has 1 aromatic rings. The summed E-state index contributed by atoms with van der Waals surface area (Å²) in [7, 11) is 0. The SMILES string of the molecule is Fc1cc(OCC(F)(F)F)cc(F)c1CBr. The maximum atomic E-state index is 13.1. The molecule has 0 aliphatic carbocycles. The molecular formula is C9H6BrF5O. The molecule has 0 aliphatic rings. The third-order valence-electron chi connectivity index (χ3n) is 1.65. The minimum Gasteiger partial charge on any atom is -0.484 e. The molecule has 0 fully saturated rings. The average Bonchev–Trinajstić information content (AvgIpc) is 2.13. The Kier molecular flexibility index (Phi) is 4.12. The van der Waals surface area contributed by atoms with E-state index in [2.05, 4.69) is 20.7 Å². The zero-order valence-electron chi connectivity index (χ0n) is 7.74. The first kappa shape index (κ1) is 13.2. The summed E-state index contributed by atoms with van der Waals surface area (Å²) in [6.45, 7) is -1.58. The topological polar surface area (TPSA) is 9.23 Å². The molecule has 0 saturated heterocycles. The van der Waals surface area contributed by atoms with Crippen molar-refractivity contribution in [3.63, 3.8) is 0 Å². The highest BCUT2D eigenvalue weighted by molar-refractivity contribution is 9.08. The van der Waals surface area contributed by atoms with Crippen molar-refractivity contribution < 1.29 is 26.7 Å². The Morgan fingerprint density at radius 2 is 1.62 bits per heavy atom. The second-order valence-electron chi connectivity index (χ2n) is 2.90. The number of hydrogen-bond acceptors (Lipinski definition) is 1. The Balaban J connectivity index is 2.84. The number of ether oxygens (including phenoxy) is 1. The predicted molar refractivity (Wildman–Crippen MR) is 50.5 cm³/mol. The van der Waals surface area contributed by atoms with Crippen molar-refractivity contribution in [3.05, 3.63) is 29.3 Å². The van der Waals surface area contributed by atoms with Gasteiger partial charge in [0.2, 0.25) is 0 Å². The van der Waals surface area contributed by atoms with Gasteiger partial charge < -0.3 is 4.74 Å². The lowest BCUT2D eigenvalue weighted by Gasteiger charge is -2.10. The second-order valence-corrected chi connectivity index (χ2v) is 3.46. The molecule has 0 spiro atoms. The van der Waals surface area contributed by atoms with E-state index < -0.39 is 30.2 Å². The van der Waals surface area contributed by atoms with Gasteiger partial charge in [0.25, 0.3) is 0 Å². The van der Waals surface area contributed by atoms with E-state index >= 15 is 0 Å². The summed E-state index contributed by atoms with van der Waals surface area (Å²) in [6, 6.07) is 1.43. The van der Waals surface area contributed by atoms with Crippen molar-refractivity contribution in [1.29, 1.82) is 0 Å². The van der Waals surface area contributed by atoms with Crippen molar-refractivity contribution in [2.75, 3.05) is 6.61 Å². The van der Waals surface area contributed by atoms with Crippen LogP contribution in [-0.2, 0) is 5.33 Å². The summed E-state index contributed by atoms with van der Waals surface area (Å²) in [4.78, 5) is 0. The molecule has 0 unspecified atom stereocenters. The Hall–Kier alpha value is -0.850. The maximum absolute atomic E-state index is 13.1. The standard InChI is InChI=1S/C9H6BrF5O/c10-3-6-7(11)1-5(2-8(6)12)16-4-9(13,14)15/h1-2H,3-4H2. The summed E-state index contributed by atoms with van der Waals surface area (Å²) >= 11 is 2.85. The molecule has 0 amide bonds. The van der Waals surface area contributed by atoms with Gasteiger partial charge in [0.05, 0.1) is 0 Å². The van der Waals surface area contributed by atoms with Crippen LogP contribution >= 0.6 is 15.9 Å². The Labute approximate surface area is 96.3 Å². The van der Waals surface area contributed by atoms with E-state index in [1.807, 2.05) is 0 Å². The van der Waals surface area contributed by atoms with Crippen molar-refractivity contribution in [1.82, 2.24) is 0 Å². The van der Waals surface area contributed by atoms with Gasteiger partial charge in [-0.15, -0.1) is 0 Å². The van der Waals surface area contributed by atoms with Crippen molar-refractivity contribution in [2.24, 2.45) is 0 Å². The van der Waals surface area contributed by atoms with Crippen LogP contribution in [0.2, 0.25) is 0 Å².